The van der Waals surface area contributed by atoms with Crippen LogP contribution in [0.25, 0.3) is 18.2 Å². The average molecular weight is 867 g/mol. The molecule has 0 bridgehead atoms. The van der Waals surface area contributed by atoms with Gasteiger partial charge >= 0.3 is 0 Å². The zero-order chi connectivity index (χ0) is 41.6. The molecular weight excluding hydrogens is 821 g/mol. The van der Waals surface area contributed by atoms with Crippen molar-refractivity contribution >= 4 is 104 Å². The number of phenols is 3. The first-order chi connectivity index (χ1) is 27.2. The molecule has 11 nitrogen and oxygen atoms in total. The molecule has 3 fully saturated rings. The summed E-state index contributed by atoms with van der Waals surface area (Å²) in [5.41, 5.74) is 4.62. The molecule has 3 aliphatic rings. The Balaban J connectivity index is 0.000000197. The molecule has 0 saturated carbocycles. The number of aryl methyl sites for hydroxylation is 2. The van der Waals surface area contributed by atoms with Crippen molar-refractivity contribution in [2.75, 3.05) is 40.2 Å². The van der Waals surface area contributed by atoms with Crippen LogP contribution in [0.1, 0.15) is 54.5 Å². The number of benzene rings is 3. The second-order valence-corrected chi connectivity index (χ2v) is 17.5. The summed E-state index contributed by atoms with van der Waals surface area (Å²) in [7, 11) is 5.51. The van der Waals surface area contributed by atoms with E-state index in [2.05, 4.69) is 29.4 Å². The number of carbonyl (C=O) groups is 3. The Morgan fingerprint density at radius 2 is 1.30 bits per heavy atom. The number of amides is 3. The van der Waals surface area contributed by atoms with E-state index in [0.29, 0.717) is 30.0 Å². The minimum Gasteiger partial charge on any atom is -0.508 e. The van der Waals surface area contributed by atoms with E-state index in [1.54, 1.807) is 60.3 Å². The van der Waals surface area contributed by atoms with Crippen molar-refractivity contribution in [2.24, 2.45) is 0 Å². The minimum absolute atomic E-state index is 0.0636. The van der Waals surface area contributed by atoms with Crippen molar-refractivity contribution in [3.8, 4) is 23.0 Å². The summed E-state index contributed by atoms with van der Waals surface area (Å²) in [5, 5.41) is 34.0. The van der Waals surface area contributed by atoms with Crippen molar-refractivity contribution in [3.05, 3.63) is 97.1 Å². The number of ether oxygens (including phenoxy) is 1. The lowest BCUT2D eigenvalue weighted by Gasteiger charge is -2.17. The summed E-state index contributed by atoms with van der Waals surface area (Å²) >= 11 is 13.8. The van der Waals surface area contributed by atoms with Crippen molar-refractivity contribution in [1.29, 1.82) is 0 Å². The van der Waals surface area contributed by atoms with Gasteiger partial charge in [0.15, 0.2) is 11.5 Å². The molecule has 3 aliphatic heterocycles. The minimum atomic E-state index is -0.202. The number of methoxy groups -OCH3 is 1. The molecule has 6 rings (SSSR count). The lowest BCUT2D eigenvalue weighted by Crippen LogP contribution is -2.32. The summed E-state index contributed by atoms with van der Waals surface area (Å²) in [6.45, 7) is 5.86. The number of nitrogens with zero attached hydrogens (tertiary/aromatic N) is 2. The predicted molar refractivity (Wildman–Crippen MR) is 242 cm³/mol. The van der Waals surface area contributed by atoms with Gasteiger partial charge in [-0.15, -0.1) is 0 Å². The van der Waals surface area contributed by atoms with Gasteiger partial charge in [-0.25, -0.2) is 0 Å². The van der Waals surface area contributed by atoms with Crippen LogP contribution in [-0.2, 0) is 27.2 Å². The normalized spacial score (nSPS) is 17.2. The second kappa shape index (κ2) is 22.0. The van der Waals surface area contributed by atoms with Gasteiger partial charge < -0.3 is 40.5 Å². The quantitative estimate of drug-likeness (QED) is 0.0957. The van der Waals surface area contributed by atoms with Crippen molar-refractivity contribution in [2.45, 2.75) is 39.5 Å². The van der Waals surface area contributed by atoms with Crippen molar-refractivity contribution in [3.63, 3.8) is 0 Å². The number of likely N-dealkylation sites (N-methyl/N-ethyl adjacent to an activating group) is 1. The number of thioether (sulfide) groups is 3. The molecule has 0 aromatic heterocycles. The van der Waals surface area contributed by atoms with Gasteiger partial charge in [0.25, 0.3) is 17.7 Å². The van der Waals surface area contributed by atoms with Crippen LogP contribution < -0.4 is 15.4 Å². The largest absolute Gasteiger partial charge is 0.508 e. The molecule has 3 heterocycles. The standard InChI is InChI=1S/C20H30N2O2S.C11H9NO3S2.C10H7NO2S2/c1-5-7-16-11-15(12-17(8-6-2)19(16)23)13-18-20(24)22(14-25-18)10-9-21(3)4;1-15-8-4-6(2-3-7(8)13)5-9-10(14)12-11(16)17-9;12-7-3-1-6(2-4-7)5-8-9(13)11-10(14)15-8/h11-13,23H,5-10,14H2,1-4H3;2-5,13H,1H3,(H,12,14,16);1-5,12H,(H,11,13,14). The topological polar surface area (TPSA) is 152 Å². The highest BCUT2D eigenvalue weighted by Gasteiger charge is 2.27. The fourth-order valence-corrected chi connectivity index (χ4v) is 8.56. The highest BCUT2D eigenvalue weighted by atomic mass is 32.2. The first-order valence-electron chi connectivity index (χ1n) is 18.0. The highest BCUT2D eigenvalue weighted by Crippen LogP contribution is 2.34. The van der Waals surface area contributed by atoms with Crippen LogP contribution in [0.15, 0.2) is 69.3 Å². The third-order valence-electron chi connectivity index (χ3n) is 8.29. The van der Waals surface area contributed by atoms with Gasteiger partial charge in [0, 0.05) is 13.1 Å². The van der Waals surface area contributed by atoms with Crippen LogP contribution in [0, 0.1) is 0 Å². The number of rotatable bonds is 11. The van der Waals surface area contributed by atoms with Crippen LogP contribution in [0.3, 0.4) is 0 Å². The SMILES string of the molecule is CCCc1cc(C=C2SCN(CCN(C)C)C2=O)cc(CCC)c1O.COc1cc(C=C2SC(=S)NC2=O)ccc1O.O=C1NC(=S)SC1=Cc1ccc(O)cc1. The van der Waals surface area contributed by atoms with E-state index < -0.39 is 0 Å². The van der Waals surface area contributed by atoms with Crippen LogP contribution in [-0.4, -0.2) is 91.7 Å². The van der Waals surface area contributed by atoms with Gasteiger partial charge in [0.05, 0.1) is 27.7 Å². The summed E-state index contributed by atoms with van der Waals surface area (Å²) in [5.74, 6) is 1.54. The fourth-order valence-electron chi connectivity index (χ4n) is 5.45. The van der Waals surface area contributed by atoms with E-state index in [-0.39, 0.29) is 29.2 Å². The maximum Gasteiger partial charge on any atom is 0.263 e. The molecule has 3 aromatic carbocycles. The number of carbonyl (C=O) groups excluding carboxylic acids is 3. The predicted octanol–water partition coefficient (Wildman–Crippen LogP) is 7.50. The lowest BCUT2D eigenvalue weighted by atomic mass is 9.98. The van der Waals surface area contributed by atoms with Crippen LogP contribution in [0.2, 0.25) is 0 Å². The third kappa shape index (κ3) is 13.6. The highest BCUT2D eigenvalue weighted by molar-refractivity contribution is 8.27. The van der Waals surface area contributed by atoms with Crippen LogP contribution in [0.4, 0.5) is 0 Å². The lowest BCUT2D eigenvalue weighted by molar-refractivity contribution is -0.124. The molecule has 0 aliphatic carbocycles. The summed E-state index contributed by atoms with van der Waals surface area (Å²) in [6.07, 6.45) is 9.11. The molecule has 5 N–H and O–H groups in total. The Labute approximate surface area is 357 Å². The number of phenolic OH excluding ortho intramolecular Hbond substituents is 3. The van der Waals surface area contributed by atoms with Crippen LogP contribution >= 0.6 is 59.7 Å². The molecule has 3 saturated heterocycles. The van der Waals surface area contributed by atoms with Gasteiger partial charge in [-0.1, -0.05) is 105 Å². The van der Waals surface area contributed by atoms with Gasteiger partial charge in [0.1, 0.15) is 20.1 Å². The molecule has 0 unspecified atom stereocenters. The first-order valence-corrected chi connectivity index (χ1v) is 21.4. The van der Waals surface area contributed by atoms with Gasteiger partial charge in [-0.3, -0.25) is 14.4 Å². The van der Waals surface area contributed by atoms with E-state index in [1.807, 2.05) is 37.2 Å². The van der Waals surface area contributed by atoms with E-state index >= 15 is 0 Å². The third-order valence-corrected chi connectivity index (χ3v) is 11.7. The van der Waals surface area contributed by atoms with Crippen molar-refractivity contribution in [1.82, 2.24) is 20.4 Å². The number of nitrogens with one attached hydrogen (secondary N) is 2. The van der Waals surface area contributed by atoms with Gasteiger partial charge in [-0.05, 0) is 109 Å². The number of hydrogen-bond donors (Lipinski definition) is 5. The summed E-state index contributed by atoms with van der Waals surface area (Å²) in [4.78, 5) is 41.2. The second-order valence-electron chi connectivity index (χ2n) is 13.1. The molecule has 3 amide bonds. The maximum atomic E-state index is 12.6. The Morgan fingerprint density at radius 3 is 1.79 bits per heavy atom. The average Bonchev–Trinajstić information content (AvgIpc) is 3.80. The molecule has 57 heavy (non-hydrogen) atoms. The van der Waals surface area contributed by atoms with E-state index in [9.17, 15) is 24.6 Å². The van der Waals surface area contributed by atoms with Crippen molar-refractivity contribution < 1.29 is 34.4 Å². The Hall–Kier alpha value is -4.32. The number of hydrogen-bond acceptors (Lipinski definition) is 13. The smallest absolute Gasteiger partial charge is 0.263 e. The van der Waals surface area contributed by atoms with E-state index in [0.717, 1.165) is 77.4 Å². The Morgan fingerprint density at radius 1 is 0.772 bits per heavy atom. The van der Waals surface area contributed by atoms with Gasteiger partial charge in [0.2, 0.25) is 0 Å². The zero-order valence-corrected chi connectivity index (χ0v) is 36.4. The summed E-state index contributed by atoms with van der Waals surface area (Å²) < 4.78 is 5.91. The fraction of sp³-hybridized carbons (Fsp3) is 0.293. The first kappa shape index (κ1) is 45.4. The molecule has 302 valence electrons. The molecule has 0 radical (unpaired) electrons. The number of aromatic hydroxyl groups is 3. The molecule has 3 aromatic rings. The maximum absolute atomic E-state index is 12.6. The molecule has 0 atom stereocenters. The molecule has 0 spiro atoms. The molecular formula is C41H46N4O7S5. The van der Waals surface area contributed by atoms with Gasteiger partial charge in [-0.2, -0.15) is 0 Å². The van der Waals surface area contributed by atoms with E-state index in [4.69, 9.17) is 34.3 Å². The van der Waals surface area contributed by atoms with E-state index in [1.165, 1.54) is 36.7 Å². The summed E-state index contributed by atoms with van der Waals surface area (Å²) in [6, 6.07) is 15.5. The monoisotopic (exact) mass is 866 g/mol. The Kier molecular flexibility index (Phi) is 17.5. The number of thiocarbonyl (C=S) groups is 2. The van der Waals surface area contributed by atoms with Crippen LogP contribution in [0.5, 0.6) is 23.0 Å². The molecule has 16 heteroatoms. The Bertz CT molecular complexity index is 2060. The zero-order valence-electron chi connectivity index (χ0n) is 32.3.